The number of hydrogen-bond donors (Lipinski definition) is 3. The normalized spacial score (nSPS) is 10.9. The fraction of sp³-hybridized carbons (Fsp3) is 0.300. The van der Waals surface area contributed by atoms with E-state index in [0.717, 1.165) is 0 Å². The molecule has 0 heterocycles. The fourth-order valence-corrected chi connectivity index (χ4v) is 1.14. The number of hydrogen-bond acceptors (Lipinski definition) is 3. The quantitative estimate of drug-likeness (QED) is 0.729. The first kappa shape index (κ1) is 13.9. The molecule has 4 N–H and O–H groups in total. The third-order valence-corrected chi connectivity index (χ3v) is 1.94. The average Bonchev–Trinajstić information content (AvgIpc) is 2.28. The van der Waals surface area contributed by atoms with Crippen LogP contribution in [-0.2, 0) is 0 Å². The van der Waals surface area contributed by atoms with Gasteiger partial charge in [-0.2, -0.15) is 13.2 Å². The summed E-state index contributed by atoms with van der Waals surface area (Å²) in [6.07, 6.45) is -4.45. The van der Waals surface area contributed by atoms with Gasteiger partial charge in [0.25, 0.3) is 0 Å². The Labute approximate surface area is 101 Å². The summed E-state index contributed by atoms with van der Waals surface area (Å²) in [5, 5.41) is 3.91. The van der Waals surface area contributed by atoms with Gasteiger partial charge in [0.15, 0.2) is 0 Å². The van der Waals surface area contributed by atoms with Gasteiger partial charge in [0.2, 0.25) is 0 Å². The third kappa shape index (κ3) is 4.40. The smallest absolute Gasteiger partial charge is 0.405 e. The third-order valence-electron chi connectivity index (χ3n) is 1.94. The van der Waals surface area contributed by atoms with Crippen LogP contribution in [0.3, 0.4) is 0 Å². The highest BCUT2D eigenvalue weighted by Crippen LogP contribution is 2.24. The lowest BCUT2D eigenvalue weighted by Gasteiger charge is -2.11. The number of nitrogens with one attached hydrogen (secondary N) is 2. The van der Waals surface area contributed by atoms with E-state index >= 15 is 0 Å². The summed E-state index contributed by atoms with van der Waals surface area (Å²) in [6.45, 7) is -1.40. The van der Waals surface area contributed by atoms with Crippen molar-refractivity contribution in [2.45, 2.75) is 6.18 Å². The molecule has 0 aromatic heterocycles. The first-order valence-corrected chi connectivity index (χ1v) is 4.87. The molecule has 0 saturated carbocycles. The zero-order chi connectivity index (χ0) is 13.8. The number of benzene rings is 1. The van der Waals surface area contributed by atoms with Crippen LogP contribution in [0.25, 0.3) is 0 Å². The van der Waals surface area contributed by atoms with Crippen molar-refractivity contribution in [2.24, 2.45) is 0 Å². The first-order chi connectivity index (χ1) is 8.31. The molecule has 0 spiro atoms. The summed E-state index contributed by atoms with van der Waals surface area (Å²) >= 11 is 0. The minimum Gasteiger partial charge on any atom is -0.495 e. The van der Waals surface area contributed by atoms with Crippen molar-refractivity contribution >= 4 is 17.4 Å². The lowest BCUT2D eigenvalue weighted by atomic mass is 10.2. The Kier molecular flexibility index (Phi) is 4.24. The Morgan fingerprint density at radius 2 is 2.11 bits per heavy atom. The first-order valence-electron chi connectivity index (χ1n) is 4.87. The summed E-state index contributed by atoms with van der Waals surface area (Å²) in [5.41, 5.74) is 6.18. The van der Waals surface area contributed by atoms with Gasteiger partial charge in [-0.25, -0.2) is 4.79 Å². The topological polar surface area (TPSA) is 76.4 Å². The van der Waals surface area contributed by atoms with E-state index in [9.17, 15) is 18.0 Å². The zero-order valence-corrected chi connectivity index (χ0v) is 9.47. The molecule has 100 valence electrons. The second kappa shape index (κ2) is 5.48. The number of anilines is 2. The highest BCUT2D eigenvalue weighted by molar-refractivity contribution is 5.89. The van der Waals surface area contributed by atoms with E-state index in [0.29, 0.717) is 11.4 Å². The van der Waals surface area contributed by atoms with Crippen LogP contribution in [0, 0.1) is 0 Å². The van der Waals surface area contributed by atoms with Gasteiger partial charge in [-0.3, -0.25) is 0 Å². The summed E-state index contributed by atoms with van der Waals surface area (Å²) in [4.78, 5) is 11.1. The number of ether oxygens (including phenoxy) is 1. The molecule has 0 aliphatic carbocycles. The second-order valence-corrected chi connectivity index (χ2v) is 3.38. The molecule has 5 nitrogen and oxygen atoms in total. The monoisotopic (exact) mass is 263 g/mol. The fourth-order valence-electron chi connectivity index (χ4n) is 1.14. The van der Waals surface area contributed by atoms with E-state index in [1.165, 1.54) is 25.3 Å². The lowest BCUT2D eigenvalue weighted by Crippen LogP contribution is -2.36. The molecule has 0 radical (unpaired) electrons. The van der Waals surface area contributed by atoms with Crippen molar-refractivity contribution in [1.82, 2.24) is 5.32 Å². The SMILES string of the molecule is COc1cc(NC(=O)NCC(F)(F)F)ccc1N. The van der Waals surface area contributed by atoms with E-state index in [1.807, 2.05) is 0 Å². The molecular formula is C10H12F3N3O2. The molecule has 1 rings (SSSR count). The van der Waals surface area contributed by atoms with Gasteiger partial charge in [-0.1, -0.05) is 0 Å². The maximum absolute atomic E-state index is 11.8. The summed E-state index contributed by atoms with van der Waals surface area (Å²) < 4.78 is 40.4. The molecule has 1 aromatic rings. The molecule has 0 aliphatic heterocycles. The predicted molar refractivity (Wildman–Crippen MR) is 60.5 cm³/mol. The molecule has 0 fully saturated rings. The van der Waals surface area contributed by atoms with Gasteiger partial charge in [0.1, 0.15) is 12.3 Å². The molecule has 0 unspecified atom stereocenters. The van der Waals surface area contributed by atoms with Crippen molar-refractivity contribution in [3.8, 4) is 5.75 Å². The van der Waals surface area contributed by atoms with Crippen LogP contribution in [0.4, 0.5) is 29.3 Å². The van der Waals surface area contributed by atoms with Crippen LogP contribution in [0.5, 0.6) is 5.75 Å². The number of rotatable bonds is 3. The Bertz CT molecular complexity index is 435. The van der Waals surface area contributed by atoms with Gasteiger partial charge < -0.3 is 21.1 Å². The molecule has 1 aromatic carbocycles. The molecule has 8 heteroatoms. The number of carbonyl (C=O) groups excluding carboxylic acids is 1. The minimum absolute atomic E-state index is 0.278. The Morgan fingerprint density at radius 3 is 2.67 bits per heavy atom. The van der Waals surface area contributed by atoms with Crippen LogP contribution in [0.15, 0.2) is 18.2 Å². The predicted octanol–water partition coefficient (Wildman–Crippen LogP) is 1.96. The van der Waals surface area contributed by atoms with Gasteiger partial charge in [-0.15, -0.1) is 0 Å². The van der Waals surface area contributed by atoms with E-state index in [-0.39, 0.29) is 5.69 Å². The van der Waals surface area contributed by atoms with E-state index < -0.39 is 18.8 Å². The Hall–Kier alpha value is -2.12. The second-order valence-electron chi connectivity index (χ2n) is 3.38. The van der Waals surface area contributed by atoms with Crippen molar-refractivity contribution < 1.29 is 22.7 Å². The number of methoxy groups -OCH3 is 1. The number of amides is 2. The largest absolute Gasteiger partial charge is 0.495 e. The number of alkyl halides is 3. The van der Waals surface area contributed by atoms with E-state index in [2.05, 4.69) is 5.32 Å². The van der Waals surface area contributed by atoms with Crippen LogP contribution in [0.1, 0.15) is 0 Å². The number of halogens is 3. The highest BCUT2D eigenvalue weighted by Gasteiger charge is 2.27. The van der Waals surface area contributed by atoms with Gasteiger partial charge in [-0.05, 0) is 12.1 Å². The van der Waals surface area contributed by atoms with Gasteiger partial charge in [0.05, 0.1) is 12.8 Å². The van der Waals surface area contributed by atoms with Crippen LogP contribution in [-0.4, -0.2) is 25.9 Å². The Balaban J connectivity index is 2.59. The van der Waals surface area contributed by atoms with Crippen molar-refractivity contribution in [3.05, 3.63) is 18.2 Å². The molecule has 0 aliphatic rings. The molecule has 2 amide bonds. The standard InChI is InChI=1S/C10H12F3N3O2/c1-18-8-4-6(2-3-7(8)14)16-9(17)15-5-10(11,12)13/h2-4H,5,14H2,1H3,(H2,15,16,17). The summed E-state index contributed by atoms with van der Waals surface area (Å²) in [7, 11) is 1.39. The molecular weight excluding hydrogens is 251 g/mol. The average molecular weight is 263 g/mol. The van der Waals surface area contributed by atoms with E-state index in [1.54, 1.807) is 5.32 Å². The summed E-state index contributed by atoms with van der Waals surface area (Å²) in [5.74, 6) is 0.323. The maximum Gasteiger partial charge on any atom is 0.405 e. The number of urea groups is 1. The number of nitrogen functional groups attached to an aromatic ring is 1. The van der Waals surface area contributed by atoms with Gasteiger partial charge >= 0.3 is 12.2 Å². The van der Waals surface area contributed by atoms with E-state index in [4.69, 9.17) is 10.5 Å². The van der Waals surface area contributed by atoms with Crippen LogP contribution >= 0.6 is 0 Å². The van der Waals surface area contributed by atoms with Gasteiger partial charge in [0, 0.05) is 11.8 Å². The van der Waals surface area contributed by atoms with Crippen LogP contribution < -0.4 is 21.1 Å². The summed E-state index contributed by atoms with van der Waals surface area (Å²) in [6, 6.07) is 3.37. The van der Waals surface area contributed by atoms with Crippen LogP contribution in [0.2, 0.25) is 0 Å². The lowest BCUT2D eigenvalue weighted by molar-refractivity contribution is -0.122. The molecule has 0 atom stereocenters. The van der Waals surface area contributed by atoms with Crippen molar-refractivity contribution in [1.29, 1.82) is 0 Å². The minimum atomic E-state index is -4.45. The molecule has 18 heavy (non-hydrogen) atoms. The zero-order valence-electron chi connectivity index (χ0n) is 9.47. The maximum atomic E-state index is 11.8. The number of nitrogens with two attached hydrogens (primary N) is 1. The molecule has 0 saturated heterocycles. The Morgan fingerprint density at radius 1 is 1.44 bits per heavy atom. The van der Waals surface area contributed by atoms with Crippen molar-refractivity contribution in [3.63, 3.8) is 0 Å². The number of carbonyl (C=O) groups is 1. The highest BCUT2D eigenvalue weighted by atomic mass is 19.4. The molecule has 0 bridgehead atoms. The van der Waals surface area contributed by atoms with Crippen molar-refractivity contribution in [2.75, 3.05) is 24.7 Å².